The summed E-state index contributed by atoms with van der Waals surface area (Å²) in [6.07, 6.45) is 3.02. The van der Waals surface area contributed by atoms with Crippen LogP contribution in [0.1, 0.15) is 5.56 Å². The number of hydrogen-bond acceptors (Lipinski definition) is 4. The molecule has 0 atom stereocenters. The van der Waals surface area contributed by atoms with Crippen LogP contribution in [0.2, 0.25) is 0 Å². The van der Waals surface area contributed by atoms with Crippen molar-refractivity contribution in [3.63, 3.8) is 0 Å². The number of nitrogens with one attached hydrogen (secondary N) is 2. The number of hydrogen-bond donors (Lipinski definition) is 2. The average molecular weight is 425 g/mol. The fraction of sp³-hybridized carbons (Fsp3) is 0.118. The average Bonchev–Trinajstić information content (AvgIpc) is 2.60. The van der Waals surface area contributed by atoms with E-state index in [-0.39, 0.29) is 10.8 Å². The molecule has 132 valence electrons. The van der Waals surface area contributed by atoms with Gasteiger partial charge in [0.2, 0.25) is 15.9 Å². The lowest BCUT2D eigenvalue weighted by Crippen LogP contribution is -2.18. The van der Waals surface area contributed by atoms with E-state index >= 15 is 0 Å². The summed E-state index contributed by atoms with van der Waals surface area (Å²) in [4.78, 5) is 12.2. The molecule has 2 N–H and O–H groups in total. The van der Waals surface area contributed by atoms with Gasteiger partial charge >= 0.3 is 0 Å². The highest BCUT2D eigenvalue weighted by atomic mass is 79.9. The van der Waals surface area contributed by atoms with Crippen molar-refractivity contribution in [2.75, 3.05) is 19.5 Å². The lowest BCUT2D eigenvalue weighted by Gasteiger charge is -2.06. The Hall–Kier alpha value is -2.16. The molecule has 25 heavy (non-hydrogen) atoms. The van der Waals surface area contributed by atoms with Gasteiger partial charge in [0.1, 0.15) is 5.75 Å². The Labute approximate surface area is 155 Å². The van der Waals surface area contributed by atoms with E-state index < -0.39 is 10.0 Å². The maximum absolute atomic E-state index is 12.0. The molecular weight excluding hydrogens is 408 g/mol. The Bertz CT molecular complexity index is 893. The van der Waals surface area contributed by atoms with Gasteiger partial charge in [-0.05, 0) is 55.6 Å². The SMILES string of the molecule is CNS(=O)(=O)c1ccc(NC(=O)/C=C/c2cc(Br)ccc2OC)cc1. The zero-order valence-corrected chi connectivity index (χ0v) is 16.0. The first-order valence-corrected chi connectivity index (χ1v) is 9.49. The van der Waals surface area contributed by atoms with Crippen molar-refractivity contribution in [1.82, 2.24) is 4.72 Å². The highest BCUT2D eigenvalue weighted by Crippen LogP contribution is 2.24. The summed E-state index contributed by atoms with van der Waals surface area (Å²) >= 11 is 3.37. The van der Waals surface area contributed by atoms with E-state index in [0.717, 1.165) is 10.0 Å². The molecule has 2 aromatic carbocycles. The number of halogens is 1. The summed E-state index contributed by atoms with van der Waals surface area (Å²) in [7, 11) is -0.600. The first-order valence-electron chi connectivity index (χ1n) is 7.22. The number of benzene rings is 2. The van der Waals surface area contributed by atoms with E-state index in [9.17, 15) is 13.2 Å². The summed E-state index contributed by atoms with van der Waals surface area (Å²) in [5, 5.41) is 2.67. The molecule has 0 aliphatic carbocycles. The molecule has 0 saturated heterocycles. The van der Waals surface area contributed by atoms with Crippen LogP contribution in [-0.2, 0) is 14.8 Å². The molecule has 2 rings (SSSR count). The number of carbonyl (C=O) groups is 1. The fourth-order valence-electron chi connectivity index (χ4n) is 2.02. The van der Waals surface area contributed by atoms with Crippen molar-refractivity contribution in [3.8, 4) is 5.75 Å². The van der Waals surface area contributed by atoms with Crippen molar-refractivity contribution in [2.45, 2.75) is 4.90 Å². The largest absolute Gasteiger partial charge is 0.496 e. The number of carbonyl (C=O) groups excluding carboxylic acids is 1. The Balaban J connectivity index is 2.09. The van der Waals surface area contributed by atoms with E-state index in [1.54, 1.807) is 19.3 Å². The van der Waals surface area contributed by atoms with Crippen LogP contribution >= 0.6 is 15.9 Å². The molecule has 8 heteroatoms. The first kappa shape index (κ1) is 19.2. The minimum atomic E-state index is -3.50. The van der Waals surface area contributed by atoms with E-state index in [2.05, 4.69) is 26.0 Å². The molecule has 0 saturated carbocycles. The summed E-state index contributed by atoms with van der Waals surface area (Å²) < 4.78 is 31.7. The Morgan fingerprint density at radius 2 is 1.84 bits per heavy atom. The normalized spacial score (nSPS) is 11.5. The predicted octanol–water partition coefficient (Wildman–Crippen LogP) is 3.02. The summed E-state index contributed by atoms with van der Waals surface area (Å²) in [5.74, 6) is 0.306. The molecular formula is C17H17BrN2O4S. The third kappa shape index (κ3) is 5.15. The molecule has 0 aliphatic heterocycles. The van der Waals surface area contributed by atoms with Crippen molar-refractivity contribution in [2.24, 2.45) is 0 Å². The lowest BCUT2D eigenvalue weighted by molar-refractivity contribution is -0.111. The molecule has 0 spiro atoms. The van der Waals surface area contributed by atoms with Crippen LogP contribution in [-0.4, -0.2) is 28.5 Å². The number of amides is 1. The van der Waals surface area contributed by atoms with E-state index in [4.69, 9.17) is 4.74 Å². The molecule has 0 aliphatic rings. The van der Waals surface area contributed by atoms with Crippen molar-refractivity contribution < 1.29 is 17.9 Å². The highest BCUT2D eigenvalue weighted by Gasteiger charge is 2.10. The molecule has 6 nitrogen and oxygen atoms in total. The van der Waals surface area contributed by atoms with Gasteiger partial charge in [-0.25, -0.2) is 13.1 Å². The van der Waals surface area contributed by atoms with Gasteiger partial charge in [-0.15, -0.1) is 0 Å². The van der Waals surface area contributed by atoms with Gasteiger partial charge in [0.05, 0.1) is 12.0 Å². The molecule has 0 fully saturated rings. The number of methoxy groups -OCH3 is 1. The van der Waals surface area contributed by atoms with Gasteiger partial charge in [-0.3, -0.25) is 4.79 Å². The van der Waals surface area contributed by atoms with Crippen LogP contribution in [0, 0.1) is 0 Å². The zero-order chi connectivity index (χ0) is 18.4. The topological polar surface area (TPSA) is 84.5 Å². The smallest absolute Gasteiger partial charge is 0.248 e. The molecule has 0 heterocycles. The first-order chi connectivity index (χ1) is 11.9. The second kappa shape index (κ2) is 8.28. The number of rotatable bonds is 6. The fourth-order valence-corrected chi connectivity index (χ4v) is 3.13. The van der Waals surface area contributed by atoms with Crippen LogP contribution in [0.5, 0.6) is 5.75 Å². The van der Waals surface area contributed by atoms with Crippen LogP contribution in [0.15, 0.2) is 57.9 Å². The van der Waals surface area contributed by atoms with Crippen molar-refractivity contribution >= 4 is 43.6 Å². The molecule has 0 radical (unpaired) electrons. The van der Waals surface area contributed by atoms with Crippen LogP contribution < -0.4 is 14.8 Å². The molecule has 2 aromatic rings. The van der Waals surface area contributed by atoms with Crippen molar-refractivity contribution in [1.29, 1.82) is 0 Å². The van der Waals surface area contributed by atoms with Gasteiger partial charge in [0.15, 0.2) is 0 Å². The third-order valence-corrected chi connectivity index (χ3v) is 5.23. The number of sulfonamides is 1. The van der Waals surface area contributed by atoms with Gasteiger partial charge in [0, 0.05) is 21.8 Å². The van der Waals surface area contributed by atoms with Crippen LogP contribution in [0.4, 0.5) is 5.69 Å². The second-order valence-corrected chi connectivity index (χ2v) is 7.74. The molecule has 0 aromatic heterocycles. The predicted molar refractivity (Wildman–Crippen MR) is 101 cm³/mol. The Kier molecular flexibility index (Phi) is 6.35. The monoisotopic (exact) mass is 424 g/mol. The highest BCUT2D eigenvalue weighted by molar-refractivity contribution is 9.10. The number of anilines is 1. The standard InChI is InChI=1S/C17H17BrN2O4S/c1-19-25(22,23)15-7-5-14(6-8-15)20-17(21)10-3-12-11-13(18)4-9-16(12)24-2/h3-11,19H,1-2H3,(H,20,21)/b10-3+. The summed E-state index contributed by atoms with van der Waals surface area (Å²) in [6.45, 7) is 0. The Morgan fingerprint density at radius 3 is 2.44 bits per heavy atom. The van der Waals surface area contributed by atoms with Crippen LogP contribution in [0.3, 0.4) is 0 Å². The van der Waals surface area contributed by atoms with Gasteiger partial charge in [-0.1, -0.05) is 15.9 Å². The molecule has 1 amide bonds. The third-order valence-electron chi connectivity index (χ3n) is 3.31. The molecule has 0 unspecified atom stereocenters. The van der Waals surface area contributed by atoms with Gasteiger partial charge in [0.25, 0.3) is 0 Å². The van der Waals surface area contributed by atoms with Crippen LogP contribution in [0.25, 0.3) is 6.08 Å². The second-order valence-electron chi connectivity index (χ2n) is 4.94. The van der Waals surface area contributed by atoms with Gasteiger partial charge < -0.3 is 10.1 Å². The Morgan fingerprint density at radius 1 is 1.16 bits per heavy atom. The van der Waals surface area contributed by atoms with E-state index in [1.807, 2.05) is 12.1 Å². The maximum atomic E-state index is 12.0. The summed E-state index contributed by atoms with van der Waals surface area (Å²) in [6, 6.07) is 11.4. The quantitative estimate of drug-likeness (QED) is 0.697. The minimum absolute atomic E-state index is 0.127. The van der Waals surface area contributed by atoms with E-state index in [1.165, 1.54) is 37.4 Å². The van der Waals surface area contributed by atoms with Gasteiger partial charge in [-0.2, -0.15) is 0 Å². The summed E-state index contributed by atoms with van der Waals surface area (Å²) in [5.41, 5.74) is 1.24. The zero-order valence-electron chi connectivity index (χ0n) is 13.6. The molecule has 0 bridgehead atoms. The van der Waals surface area contributed by atoms with E-state index in [0.29, 0.717) is 11.4 Å². The minimum Gasteiger partial charge on any atom is -0.496 e. The lowest BCUT2D eigenvalue weighted by atomic mass is 10.2. The maximum Gasteiger partial charge on any atom is 0.248 e. The number of ether oxygens (including phenoxy) is 1. The van der Waals surface area contributed by atoms with Crippen molar-refractivity contribution in [3.05, 3.63) is 58.6 Å².